The number of carbonyl (C=O) groups excluding carboxylic acids is 1. The van der Waals surface area contributed by atoms with Crippen LogP contribution in [0.4, 0.5) is 0 Å². The second kappa shape index (κ2) is 12.8. The normalized spacial score (nSPS) is 11.2. The van der Waals surface area contributed by atoms with Crippen LogP contribution in [0, 0.1) is 3.57 Å². The van der Waals surface area contributed by atoms with Crippen LogP contribution in [0.5, 0.6) is 17.2 Å². The van der Waals surface area contributed by atoms with Gasteiger partial charge in [-0.1, -0.05) is 11.6 Å². The molecule has 13 heteroatoms. The Hall–Kier alpha value is -2.97. The lowest BCUT2D eigenvalue weighted by atomic mass is 10.2. The van der Waals surface area contributed by atoms with Gasteiger partial charge in [-0.2, -0.15) is 0 Å². The molecule has 1 heterocycles. The molecule has 0 saturated heterocycles. The summed E-state index contributed by atoms with van der Waals surface area (Å²) in [5.41, 5.74) is 0.990. The number of methoxy groups -OCH3 is 2. The molecule has 10 nitrogen and oxygen atoms in total. The van der Waals surface area contributed by atoms with Gasteiger partial charge < -0.3 is 28.5 Å². The maximum Gasteiger partial charge on any atom is 0.344 e. The van der Waals surface area contributed by atoms with Crippen molar-refractivity contribution in [3.8, 4) is 28.7 Å². The van der Waals surface area contributed by atoms with Gasteiger partial charge in [0.1, 0.15) is 10.7 Å². The summed E-state index contributed by atoms with van der Waals surface area (Å²) in [6, 6.07) is 8.19. The predicted octanol–water partition coefficient (Wildman–Crippen LogP) is 5.17. The van der Waals surface area contributed by atoms with E-state index in [1.54, 1.807) is 37.3 Å². The summed E-state index contributed by atoms with van der Waals surface area (Å²) < 4.78 is 27.3. The summed E-state index contributed by atoms with van der Waals surface area (Å²) in [4.78, 5) is 23.5. The van der Waals surface area contributed by atoms with Crippen molar-refractivity contribution in [2.24, 2.45) is 0 Å². The number of hydrogen-bond acceptors (Lipinski definition) is 10. The molecule has 3 aromatic rings. The van der Waals surface area contributed by atoms with Gasteiger partial charge >= 0.3 is 11.9 Å². The lowest BCUT2D eigenvalue weighted by Gasteiger charge is -2.13. The van der Waals surface area contributed by atoms with Gasteiger partial charge in [0, 0.05) is 5.02 Å². The number of nitrogens with zero attached hydrogens (tertiary/aromatic N) is 2. The quantitative estimate of drug-likeness (QED) is 0.128. The van der Waals surface area contributed by atoms with Crippen LogP contribution in [-0.4, -0.2) is 54.7 Å². The predicted molar refractivity (Wildman–Crippen MR) is 141 cm³/mol. The summed E-state index contributed by atoms with van der Waals surface area (Å²) in [6.45, 7) is 1.65. The number of benzene rings is 2. The molecule has 0 atom stereocenters. The van der Waals surface area contributed by atoms with Gasteiger partial charge in [0.25, 0.3) is 11.1 Å². The second-order valence-electron chi connectivity index (χ2n) is 6.76. The molecule has 1 aromatic heterocycles. The molecule has 0 aliphatic rings. The Morgan fingerprint density at radius 1 is 1.17 bits per heavy atom. The van der Waals surface area contributed by atoms with Crippen LogP contribution in [0.1, 0.15) is 12.5 Å². The standard InChI is InChI=1S/C23H20ClIN2O8S/c1-4-33-19(28)11-34-20-15(25)7-12(8-17(20)32-3)9-18(22(29)30)36-23-27-26-21(35-23)14-10-13(24)5-6-16(14)31-2/h5-10H,4,11H2,1-3H3,(H,29,30)/b18-9-. The van der Waals surface area contributed by atoms with Crippen molar-refractivity contribution >= 4 is 64.0 Å². The van der Waals surface area contributed by atoms with E-state index >= 15 is 0 Å². The van der Waals surface area contributed by atoms with Crippen LogP contribution in [0.2, 0.25) is 5.02 Å². The van der Waals surface area contributed by atoms with E-state index in [9.17, 15) is 14.7 Å². The van der Waals surface area contributed by atoms with Crippen LogP contribution < -0.4 is 14.2 Å². The number of hydrogen-bond donors (Lipinski definition) is 1. The largest absolute Gasteiger partial charge is 0.496 e. The third-order valence-corrected chi connectivity index (χ3v) is 6.28. The Labute approximate surface area is 229 Å². The van der Waals surface area contributed by atoms with Crippen LogP contribution in [0.15, 0.2) is 44.9 Å². The third-order valence-electron chi connectivity index (χ3n) is 4.40. The summed E-state index contributed by atoms with van der Waals surface area (Å²) in [7, 11) is 2.93. The average Bonchev–Trinajstić information content (AvgIpc) is 3.31. The van der Waals surface area contributed by atoms with Gasteiger partial charge in [-0.15, -0.1) is 10.2 Å². The fourth-order valence-electron chi connectivity index (χ4n) is 2.88. The van der Waals surface area contributed by atoms with Crippen LogP contribution in [-0.2, 0) is 14.3 Å². The van der Waals surface area contributed by atoms with Crippen LogP contribution in [0.3, 0.4) is 0 Å². The highest BCUT2D eigenvalue weighted by Crippen LogP contribution is 2.37. The Balaban J connectivity index is 1.86. The van der Waals surface area contributed by atoms with Gasteiger partial charge in [-0.25, -0.2) is 9.59 Å². The van der Waals surface area contributed by atoms with Crippen molar-refractivity contribution in [2.75, 3.05) is 27.4 Å². The Morgan fingerprint density at radius 3 is 2.58 bits per heavy atom. The molecule has 36 heavy (non-hydrogen) atoms. The lowest BCUT2D eigenvalue weighted by Crippen LogP contribution is -2.15. The molecule has 0 amide bonds. The van der Waals surface area contributed by atoms with Crippen molar-refractivity contribution in [1.29, 1.82) is 0 Å². The minimum atomic E-state index is -1.20. The molecule has 0 bridgehead atoms. The highest BCUT2D eigenvalue weighted by Gasteiger charge is 2.20. The zero-order valence-electron chi connectivity index (χ0n) is 19.2. The number of thioether (sulfide) groups is 1. The zero-order valence-corrected chi connectivity index (χ0v) is 23.0. The first-order valence-electron chi connectivity index (χ1n) is 10.2. The number of esters is 1. The van der Waals surface area contributed by atoms with Crippen molar-refractivity contribution in [3.63, 3.8) is 0 Å². The van der Waals surface area contributed by atoms with Crippen molar-refractivity contribution in [3.05, 3.63) is 49.4 Å². The maximum atomic E-state index is 11.9. The second-order valence-corrected chi connectivity index (χ2v) is 9.35. The molecule has 0 aliphatic heterocycles. The van der Waals surface area contributed by atoms with E-state index in [0.29, 0.717) is 37.0 Å². The first-order valence-corrected chi connectivity index (χ1v) is 12.5. The number of ether oxygens (including phenoxy) is 4. The number of carboxylic acids is 1. The number of aliphatic carboxylic acids is 1. The van der Waals surface area contributed by atoms with Gasteiger partial charge in [-0.05, 0) is 83.2 Å². The smallest absolute Gasteiger partial charge is 0.344 e. The summed E-state index contributed by atoms with van der Waals surface area (Å²) in [5, 5.41) is 18.1. The van der Waals surface area contributed by atoms with Crippen LogP contribution >= 0.6 is 46.0 Å². The monoisotopic (exact) mass is 646 g/mol. The van der Waals surface area contributed by atoms with E-state index in [-0.39, 0.29) is 29.2 Å². The van der Waals surface area contributed by atoms with Crippen LogP contribution in [0.25, 0.3) is 17.5 Å². The van der Waals surface area contributed by atoms with Gasteiger partial charge in [0.05, 0.1) is 30.0 Å². The summed E-state index contributed by atoms with van der Waals surface area (Å²) in [6.07, 6.45) is 1.43. The SMILES string of the molecule is CCOC(=O)COc1c(I)cc(/C=C(\Sc2nnc(-c3cc(Cl)ccc3OC)o2)C(=O)O)cc1OC. The fourth-order valence-corrected chi connectivity index (χ4v) is 4.51. The molecule has 0 radical (unpaired) electrons. The molecule has 190 valence electrons. The molecule has 1 N–H and O–H groups in total. The third kappa shape index (κ3) is 7.04. The molecule has 2 aromatic carbocycles. The van der Waals surface area contributed by atoms with E-state index in [2.05, 4.69) is 10.2 Å². The van der Waals surface area contributed by atoms with E-state index in [1.165, 1.54) is 20.3 Å². The average molecular weight is 647 g/mol. The molecule has 0 spiro atoms. The number of carbonyl (C=O) groups is 2. The summed E-state index contributed by atoms with van der Waals surface area (Å²) >= 11 is 8.85. The van der Waals surface area contributed by atoms with Gasteiger partial charge in [0.15, 0.2) is 18.1 Å². The summed E-state index contributed by atoms with van der Waals surface area (Å²) in [5.74, 6) is -0.457. The first-order chi connectivity index (χ1) is 17.2. The van der Waals surface area contributed by atoms with E-state index in [1.807, 2.05) is 22.6 Å². The number of rotatable bonds is 11. The maximum absolute atomic E-state index is 11.9. The Morgan fingerprint density at radius 2 is 1.92 bits per heavy atom. The van der Waals surface area contributed by atoms with Crippen molar-refractivity contribution in [1.82, 2.24) is 10.2 Å². The molecule has 0 fully saturated rings. The highest BCUT2D eigenvalue weighted by atomic mass is 127. The minimum Gasteiger partial charge on any atom is -0.496 e. The van der Waals surface area contributed by atoms with E-state index in [4.69, 9.17) is 35.0 Å². The number of halogens is 2. The van der Waals surface area contributed by atoms with Gasteiger partial charge in [0.2, 0.25) is 0 Å². The lowest BCUT2D eigenvalue weighted by molar-refractivity contribution is -0.145. The Bertz CT molecular complexity index is 1300. The molecule has 0 aliphatic carbocycles. The van der Waals surface area contributed by atoms with Crippen molar-refractivity contribution in [2.45, 2.75) is 12.1 Å². The molecule has 3 rings (SSSR count). The number of aromatic nitrogens is 2. The van der Waals surface area contributed by atoms with E-state index in [0.717, 1.165) is 11.8 Å². The fraction of sp³-hybridized carbons (Fsp3) is 0.217. The van der Waals surface area contributed by atoms with Crippen molar-refractivity contribution < 1.29 is 38.1 Å². The topological polar surface area (TPSA) is 130 Å². The van der Waals surface area contributed by atoms with Gasteiger partial charge in [-0.3, -0.25) is 0 Å². The highest BCUT2D eigenvalue weighted by molar-refractivity contribution is 14.1. The minimum absolute atomic E-state index is 0.0109. The van der Waals surface area contributed by atoms with E-state index < -0.39 is 11.9 Å². The number of carboxylic acid groups (broad SMARTS) is 1. The Kier molecular flexibility index (Phi) is 9.84. The first kappa shape index (κ1) is 27.6. The molecular weight excluding hydrogens is 627 g/mol. The molecular formula is C23H20ClIN2O8S. The molecule has 0 saturated carbocycles. The molecule has 0 unspecified atom stereocenters. The zero-order chi connectivity index (χ0) is 26.2.